The van der Waals surface area contributed by atoms with Crippen LogP contribution in [0.25, 0.3) is 0 Å². The van der Waals surface area contributed by atoms with Crippen molar-refractivity contribution in [2.45, 2.75) is 27.3 Å². The molecule has 0 spiro atoms. The minimum atomic E-state index is 0.523. The van der Waals surface area contributed by atoms with E-state index in [0.29, 0.717) is 11.1 Å². The number of rotatable bonds is 3. The predicted molar refractivity (Wildman–Crippen MR) is 50.4 cm³/mol. The van der Waals surface area contributed by atoms with E-state index in [1.807, 2.05) is 25.3 Å². The number of nitrogens with zero attached hydrogens (tertiary/aromatic N) is 1. The van der Waals surface area contributed by atoms with Gasteiger partial charge in [-0.2, -0.15) is 0 Å². The quantitative estimate of drug-likeness (QED) is 0.663. The van der Waals surface area contributed by atoms with Gasteiger partial charge in [-0.1, -0.05) is 0 Å². The Bertz CT molecular complexity index is 319. The lowest BCUT2D eigenvalue weighted by atomic mass is 10.1. The first-order chi connectivity index (χ1) is 6.17. The van der Waals surface area contributed by atoms with Gasteiger partial charge in [0.1, 0.15) is 0 Å². The van der Waals surface area contributed by atoms with Gasteiger partial charge in [0.15, 0.2) is 12.6 Å². The van der Waals surface area contributed by atoms with Gasteiger partial charge in [-0.25, -0.2) is 0 Å². The molecule has 0 unspecified atom stereocenters. The molecule has 0 aliphatic rings. The minimum Gasteiger partial charge on any atom is -0.348 e. The second kappa shape index (κ2) is 3.56. The zero-order valence-corrected chi connectivity index (χ0v) is 8.13. The van der Waals surface area contributed by atoms with Crippen LogP contribution in [-0.2, 0) is 6.54 Å². The van der Waals surface area contributed by atoms with E-state index < -0.39 is 0 Å². The fourth-order valence-electron chi connectivity index (χ4n) is 1.70. The van der Waals surface area contributed by atoms with Crippen molar-refractivity contribution < 1.29 is 9.59 Å². The van der Waals surface area contributed by atoms with Crippen molar-refractivity contribution in [1.82, 2.24) is 4.57 Å². The number of aromatic nitrogens is 1. The molecule has 3 nitrogen and oxygen atoms in total. The second-order valence-electron chi connectivity index (χ2n) is 2.98. The highest BCUT2D eigenvalue weighted by atomic mass is 16.1. The standard InChI is InChI=1S/C10H13NO2/c1-4-11-7(2)9(5-12)10(6-13)8(11)3/h5-6H,4H2,1-3H3. The normalized spacial score (nSPS) is 10.1. The zero-order chi connectivity index (χ0) is 10.0. The van der Waals surface area contributed by atoms with E-state index in [2.05, 4.69) is 0 Å². The fourth-order valence-corrected chi connectivity index (χ4v) is 1.70. The molecule has 0 N–H and O–H groups in total. The molecule has 0 fully saturated rings. The van der Waals surface area contributed by atoms with E-state index in [1.165, 1.54) is 0 Å². The smallest absolute Gasteiger partial charge is 0.152 e. The van der Waals surface area contributed by atoms with Crippen molar-refractivity contribution in [3.8, 4) is 0 Å². The fraction of sp³-hybridized carbons (Fsp3) is 0.400. The van der Waals surface area contributed by atoms with Crippen molar-refractivity contribution in [3.05, 3.63) is 22.5 Å². The molecule has 13 heavy (non-hydrogen) atoms. The summed E-state index contributed by atoms with van der Waals surface area (Å²) in [6.45, 7) is 6.48. The number of carbonyl (C=O) groups is 2. The third-order valence-electron chi connectivity index (χ3n) is 2.43. The van der Waals surface area contributed by atoms with E-state index in [4.69, 9.17) is 0 Å². The van der Waals surface area contributed by atoms with Gasteiger partial charge in [-0.15, -0.1) is 0 Å². The van der Waals surface area contributed by atoms with E-state index >= 15 is 0 Å². The summed E-state index contributed by atoms with van der Waals surface area (Å²) in [5, 5.41) is 0. The van der Waals surface area contributed by atoms with Crippen LogP contribution in [-0.4, -0.2) is 17.1 Å². The van der Waals surface area contributed by atoms with Crippen LogP contribution in [0.1, 0.15) is 39.0 Å². The number of aldehydes is 2. The lowest BCUT2D eigenvalue weighted by Crippen LogP contribution is -1.99. The molecule has 70 valence electrons. The SMILES string of the molecule is CCn1c(C)c(C=O)c(C=O)c1C. The molecule has 1 heterocycles. The average Bonchev–Trinajstić information content (AvgIpc) is 2.36. The van der Waals surface area contributed by atoms with Crippen molar-refractivity contribution in [1.29, 1.82) is 0 Å². The summed E-state index contributed by atoms with van der Waals surface area (Å²) in [4.78, 5) is 21.4. The molecule has 1 aromatic heterocycles. The summed E-state index contributed by atoms with van der Waals surface area (Å²) in [7, 11) is 0. The maximum Gasteiger partial charge on any atom is 0.152 e. The van der Waals surface area contributed by atoms with Gasteiger partial charge in [0, 0.05) is 29.1 Å². The molecular formula is C10H13NO2. The Hall–Kier alpha value is -1.38. The minimum absolute atomic E-state index is 0.523. The molecule has 1 rings (SSSR count). The molecule has 0 radical (unpaired) electrons. The van der Waals surface area contributed by atoms with E-state index in [0.717, 1.165) is 30.5 Å². The van der Waals surface area contributed by atoms with Crippen LogP contribution in [0.3, 0.4) is 0 Å². The van der Waals surface area contributed by atoms with Crippen molar-refractivity contribution in [2.24, 2.45) is 0 Å². The Balaban J connectivity index is 3.50. The average molecular weight is 179 g/mol. The van der Waals surface area contributed by atoms with Gasteiger partial charge in [0.2, 0.25) is 0 Å². The number of carbonyl (C=O) groups excluding carboxylic acids is 2. The van der Waals surface area contributed by atoms with Gasteiger partial charge in [0.25, 0.3) is 0 Å². The van der Waals surface area contributed by atoms with Crippen LogP contribution in [0.4, 0.5) is 0 Å². The lowest BCUT2D eigenvalue weighted by Gasteiger charge is -2.03. The van der Waals surface area contributed by atoms with E-state index in [-0.39, 0.29) is 0 Å². The highest BCUT2D eigenvalue weighted by Crippen LogP contribution is 2.18. The molecule has 0 aromatic carbocycles. The Morgan fingerprint density at radius 3 is 1.69 bits per heavy atom. The summed E-state index contributed by atoms with van der Waals surface area (Å²) in [5.41, 5.74) is 2.79. The highest BCUT2D eigenvalue weighted by molar-refractivity contribution is 5.93. The highest BCUT2D eigenvalue weighted by Gasteiger charge is 2.14. The first-order valence-corrected chi connectivity index (χ1v) is 4.27. The summed E-state index contributed by atoms with van der Waals surface area (Å²) in [6.07, 6.45) is 1.50. The molecule has 0 bridgehead atoms. The molecule has 0 amide bonds. The van der Waals surface area contributed by atoms with Gasteiger partial charge in [0.05, 0.1) is 0 Å². The van der Waals surface area contributed by atoms with Crippen LogP contribution in [0.2, 0.25) is 0 Å². The Morgan fingerprint density at radius 1 is 1.08 bits per heavy atom. The molecule has 1 aromatic rings. The third kappa shape index (κ3) is 1.30. The van der Waals surface area contributed by atoms with Crippen molar-refractivity contribution in [2.75, 3.05) is 0 Å². The molecule has 0 atom stereocenters. The first kappa shape index (κ1) is 9.71. The molecule has 0 saturated heterocycles. The van der Waals surface area contributed by atoms with Crippen LogP contribution >= 0.6 is 0 Å². The summed E-state index contributed by atoms with van der Waals surface area (Å²) < 4.78 is 1.97. The van der Waals surface area contributed by atoms with E-state index in [9.17, 15) is 9.59 Å². The summed E-state index contributed by atoms with van der Waals surface area (Å²) >= 11 is 0. The van der Waals surface area contributed by atoms with Gasteiger partial charge in [-0.3, -0.25) is 9.59 Å². The van der Waals surface area contributed by atoms with E-state index in [1.54, 1.807) is 0 Å². The maximum atomic E-state index is 10.7. The van der Waals surface area contributed by atoms with Crippen LogP contribution in [0, 0.1) is 13.8 Å². The predicted octanol–water partition coefficient (Wildman–Crippen LogP) is 1.75. The van der Waals surface area contributed by atoms with Crippen LogP contribution in [0.5, 0.6) is 0 Å². The van der Waals surface area contributed by atoms with Crippen LogP contribution < -0.4 is 0 Å². The number of hydrogen-bond acceptors (Lipinski definition) is 2. The van der Waals surface area contributed by atoms with Gasteiger partial charge >= 0.3 is 0 Å². The molecular weight excluding hydrogens is 166 g/mol. The van der Waals surface area contributed by atoms with Crippen molar-refractivity contribution in [3.63, 3.8) is 0 Å². The van der Waals surface area contributed by atoms with Crippen LogP contribution in [0.15, 0.2) is 0 Å². The van der Waals surface area contributed by atoms with Crippen molar-refractivity contribution >= 4 is 12.6 Å². The zero-order valence-electron chi connectivity index (χ0n) is 8.13. The topological polar surface area (TPSA) is 39.1 Å². The Morgan fingerprint density at radius 2 is 1.46 bits per heavy atom. The molecule has 0 saturated carbocycles. The lowest BCUT2D eigenvalue weighted by molar-refractivity contribution is 0.109. The molecule has 0 aliphatic heterocycles. The Labute approximate surface area is 77.4 Å². The molecule has 3 heteroatoms. The maximum absolute atomic E-state index is 10.7. The van der Waals surface area contributed by atoms with Gasteiger partial charge < -0.3 is 4.57 Å². The third-order valence-corrected chi connectivity index (χ3v) is 2.43. The molecule has 0 aliphatic carbocycles. The first-order valence-electron chi connectivity index (χ1n) is 4.27. The summed E-state index contributed by atoms with van der Waals surface area (Å²) in [6, 6.07) is 0. The number of hydrogen-bond donors (Lipinski definition) is 0. The monoisotopic (exact) mass is 179 g/mol. The largest absolute Gasteiger partial charge is 0.348 e. The second-order valence-corrected chi connectivity index (χ2v) is 2.98. The summed E-state index contributed by atoms with van der Waals surface area (Å²) in [5.74, 6) is 0. The Kier molecular flexibility index (Phi) is 2.66. The van der Waals surface area contributed by atoms with Gasteiger partial charge in [-0.05, 0) is 20.8 Å².